The quantitative estimate of drug-likeness (QED) is 0.758. The van der Waals surface area contributed by atoms with Crippen LogP contribution in [0.3, 0.4) is 0 Å². The highest BCUT2D eigenvalue weighted by Gasteiger charge is 2.34. The van der Waals surface area contributed by atoms with Crippen LogP contribution in [0.4, 0.5) is 0 Å². The molecule has 78 valence electrons. The Labute approximate surface area is 85.6 Å². The largest absolute Gasteiger partial charge is 0.374 e. The van der Waals surface area contributed by atoms with Gasteiger partial charge in [0.1, 0.15) is 0 Å². The molecule has 0 aromatic carbocycles. The Bertz CT molecular complexity index is 148. The van der Waals surface area contributed by atoms with Crippen molar-refractivity contribution in [2.24, 2.45) is 11.7 Å². The van der Waals surface area contributed by atoms with Crippen LogP contribution >= 0.6 is 11.8 Å². The van der Waals surface area contributed by atoms with E-state index in [0.717, 1.165) is 6.61 Å². The summed E-state index contributed by atoms with van der Waals surface area (Å²) in [6, 6.07) is 0. The molecule has 0 saturated carbocycles. The van der Waals surface area contributed by atoms with Gasteiger partial charge in [0.05, 0.1) is 5.60 Å². The fourth-order valence-electron chi connectivity index (χ4n) is 1.90. The van der Waals surface area contributed by atoms with Gasteiger partial charge in [-0.05, 0) is 44.1 Å². The third kappa shape index (κ3) is 2.86. The van der Waals surface area contributed by atoms with E-state index < -0.39 is 0 Å². The van der Waals surface area contributed by atoms with E-state index >= 15 is 0 Å². The zero-order valence-electron chi connectivity index (χ0n) is 8.71. The average molecular weight is 203 g/mol. The van der Waals surface area contributed by atoms with E-state index in [1.54, 1.807) is 0 Å². The highest BCUT2D eigenvalue weighted by atomic mass is 32.2. The molecule has 0 aromatic heterocycles. The lowest BCUT2D eigenvalue weighted by Gasteiger charge is -2.38. The number of rotatable bonds is 4. The van der Waals surface area contributed by atoms with Crippen LogP contribution < -0.4 is 5.73 Å². The number of thioether (sulfide) groups is 1. The summed E-state index contributed by atoms with van der Waals surface area (Å²) in [6.07, 6.45) is 2.60. The minimum atomic E-state index is -0.0812. The van der Waals surface area contributed by atoms with E-state index in [9.17, 15) is 0 Å². The van der Waals surface area contributed by atoms with Crippen molar-refractivity contribution in [3.05, 3.63) is 0 Å². The van der Waals surface area contributed by atoms with Gasteiger partial charge >= 0.3 is 0 Å². The lowest BCUT2D eigenvalue weighted by molar-refractivity contribution is -0.0578. The van der Waals surface area contributed by atoms with E-state index in [0.29, 0.717) is 12.5 Å². The Morgan fingerprint density at radius 3 is 2.85 bits per heavy atom. The molecule has 1 fully saturated rings. The number of ether oxygens (including phenoxy) is 1. The lowest BCUT2D eigenvalue weighted by Crippen LogP contribution is -2.46. The second kappa shape index (κ2) is 5.23. The van der Waals surface area contributed by atoms with Gasteiger partial charge < -0.3 is 10.5 Å². The molecular weight excluding hydrogens is 182 g/mol. The van der Waals surface area contributed by atoms with Gasteiger partial charge in [-0.1, -0.05) is 0 Å². The zero-order chi connectivity index (χ0) is 9.73. The minimum Gasteiger partial charge on any atom is -0.374 e. The van der Waals surface area contributed by atoms with Crippen LogP contribution in [-0.2, 0) is 4.74 Å². The third-order valence-electron chi connectivity index (χ3n) is 2.90. The molecule has 2 N–H and O–H groups in total. The van der Waals surface area contributed by atoms with Crippen LogP contribution in [0.15, 0.2) is 0 Å². The molecular formula is C10H21NOS. The highest BCUT2D eigenvalue weighted by Crippen LogP contribution is 2.32. The van der Waals surface area contributed by atoms with Crippen molar-refractivity contribution in [2.45, 2.75) is 32.3 Å². The SMILES string of the molecule is CCOC(C)(CN)C1CCCSC1. The minimum absolute atomic E-state index is 0.0812. The predicted octanol–water partition coefficient (Wildman–Crippen LogP) is 1.88. The number of hydrogen-bond donors (Lipinski definition) is 1. The Morgan fingerprint density at radius 1 is 1.62 bits per heavy atom. The number of hydrogen-bond acceptors (Lipinski definition) is 3. The standard InChI is InChI=1S/C10H21NOS/c1-3-12-10(2,8-11)9-5-4-6-13-7-9/h9H,3-8,11H2,1-2H3. The van der Waals surface area contributed by atoms with E-state index in [4.69, 9.17) is 10.5 Å². The Balaban J connectivity index is 2.51. The first-order valence-corrected chi connectivity index (χ1v) is 6.30. The average Bonchev–Trinajstić information content (AvgIpc) is 2.19. The molecule has 13 heavy (non-hydrogen) atoms. The predicted molar refractivity (Wildman–Crippen MR) is 59.1 cm³/mol. The molecule has 3 heteroatoms. The molecule has 0 bridgehead atoms. The fraction of sp³-hybridized carbons (Fsp3) is 1.00. The summed E-state index contributed by atoms with van der Waals surface area (Å²) < 4.78 is 5.78. The van der Waals surface area contributed by atoms with E-state index in [2.05, 4.69) is 6.92 Å². The van der Waals surface area contributed by atoms with Crippen molar-refractivity contribution in [1.29, 1.82) is 0 Å². The van der Waals surface area contributed by atoms with E-state index in [-0.39, 0.29) is 5.60 Å². The summed E-state index contributed by atoms with van der Waals surface area (Å²) in [6.45, 7) is 5.62. The van der Waals surface area contributed by atoms with Crippen LogP contribution in [-0.4, -0.2) is 30.3 Å². The normalized spacial score (nSPS) is 28.4. The summed E-state index contributed by atoms with van der Waals surface area (Å²) >= 11 is 2.04. The maximum absolute atomic E-state index is 5.79. The van der Waals surface area contributed by atoms with Crippen LogP contribution in [0.2, 0.25) is 0 Å². The second-order valence-electron chi connectivity index (χ2n) is 3.86. The fourth-order valence-corrected chi connectivity index (χ4v) is 3.24. The van der Waals surface area contributed by atoms with Crippen LogP contribution in [0.1, 0.15) is 26.7 Å². The van der Waals surface area contributed by atoms with Crippen molar-refractivity contribution < 1.29 is 4.74 Å². The molecule has 2 unspecified atom stereocenters. The summed E-state index contributed by atoms with van der Waals surface area (Å²) in [5.41, 5.74) is 5.71. The van der Waals surface area contributed by atoms with E-state index in [1.807, 2.05) is 18.7 Å². The highest BCUT2D eigenvalue weighted by molar-refractivity contribution is 7.99. The van der Waals surface area contributed by atoms with Crippen molar-refractivity contribution in [3.63, 3.8) is 0 Å². The first-order chi connectivity index (χ1) is 6.23. The molecule has 0 aliphatic carbocycles. The Kier molecular flexibility index (Phi) is 4.56. The van der Waals surface area contributed by atoms with Crippen molar-refractivity contribution >= 4 is 11.8 Å². The smallest absolute Gasteiger partial charge is 0.0811 e. The molecule has 0 amide bonds. The van der Waals surface area contributed by atoms with Gasteiger partial charge in [-0.2, -0.15) is 11.8 Å². The van der Waals surface area contributed by atoms with Gasteiger partial charge in [-0.25, -0.2) is 0 Å². The monoisotopic (exact) mass is 203 g/mol. The van der Waals surface area contributed by atoms with Crippen molar-refractivity contribution in [1.82, 2.24) is 0 Å². The van der Waals surface area contributed by atoms with Gasteiger partial charge in [0, 0.05) is 13.2 Å². The third-order valence-corrected chi connectivity index (χ3v) is 4.12. The molecule has 1 heterocycles. The van der Waals surface area contributed by atoms with Crippen molar-refractivity contribution in [3.8, 4) is 0 Å². The summed E-state index contributed by atoms with van der Waals surface area (Å²) in [4.78, 5) is 0. The molecule has 0 radical (unpaired) electrons. The summed E-state index contributed by atoms with van der Waals surface area (Å²) in [5, 5.41) is 0. The number of nitrogens with two attached hydrogens (primary N) is 1. The maximum atomic E-state index is 5.79. The topological polar surface area (TPSA) is 35.2 Å². The van der Waals surface area contributed by atoms with Crippen LogP contribution in [0, 0.1) is 5.92 Å². The molecule has 1 saturated heterocycles. The van der Waals surface area contributed by atoms with Gasteiger partial charge in [-0.15, -0.1) is 0 Å². The second-order valence-corrected chi connectivity index (χ2v) is 5.01. The van der Waals surface area contributed by atoms with Crippen LogP contribution in [0.25, 0.3) is 0 Å². The van der Waals surface area contributed by atoms with Gasteiger partial charge in [-0.3, -0.25) is 0 Å². The lowest BCUT2D eigenvalue weighted by atomic mass is 9.86. The molecule has 2 nitrogen and oxygen atoms in total. The Morgan fingerprint density at radius 2 is 2.38 bits per heavy atom. The van der Waals surface area contributed by atoms with Gasteiger partial charge in [0.25, 0.3) is 0 Å². The molecule has 1 rings (SSSR count). The molecule has 1 aliphatic rings. The molecule has 1 aliphatic heterocycles. The van der Waals surface area contributed by atoms with Gasteiger partial charge in [0.15, 0.2) is 0 Å². The van der Waals surface area contributed by atoms with Gasteiger partial charge in [0.2, 0.25) is 0 Å². The van der Waals surface area contributed by atoms with E-state index in [1.165, 1.54) is 24.3 Å². The summed E-state index contributed by atoms with van der Waals surface area (Å²) in [7, 11) is 0. The Hall–Kier alpha value is 0.270. The first-order valence-electron chi connectivity index (χ1n) is 5.14. The summed E-state index contributed by atoms with van der Waals surface area (Å²) in [5.74, 6) is 3.17. The molecule has 2 atom stereocenters. The molecule has 0 aromatic rings. The first kappa shape index (κ1) is 11.3. The maximum Gasteiger partial charge on any atom is 0.0811 e. The zero-order valence-corrected chi connectivity index (χ0v) is 9.53. The van der Waals surface area contributed by atoms with Crippen molar-refractivity contribution in [2.75, 3.05) is 24.7 Å². The van der Waals surface area contributed by atoms with Crippen LogP contribution in [0.5, 0.6) is 0 Å². The molecule has 0 spiro atoms.